The van der Waals surface area contributed by atoms with Crippen molar-refractivity contribution in [3.05, 3.63) is 28.2 Å². The number of aromatic nitrogens is 1. The smallest absolute Gasteiger partial charge is 0.337 e. The molecule has 0 saturated heterocycles. The number of aliphatic hydroxyl groups excluding tert-OH is 1. The van der Waals surface area contributed by atoms with Gasteiger partial charge >= 0.3 is 5.97 Å². The summed E-state index contributed by atoms with van der Waals surface area (Å²) in [4.78, 5) is 27.7. The number of pyridine rings is 1. The fourth-order valence-electron chi connectivity index (χ4n) is 1.99. The number of carboxylic acid groups (broad SMARTS) is 1. The molecule has 10 nitrogen and oxygen atoms in total. The third-order valence-corrected chi connectivity index (χ3v) is 3.21. The summed E-state index contributed by atoms with van der Waals surface area (Å²) in [5.74, 6) is -0.871. The number of nitrogens with zero attached hydrogens (tertiary/aromatic N) is 2. The number of anilines is 1. The normalized spacial score (nSPS) is 17.1. The van der Waals surface area contributed by atoms with Gasteiger partial charge in [0.15, 0.2) is 5.96 Å². The maximum atomic E-state index is 12.4. The summed E-state index contributed by atoms with van der Waals surface area (Å²) in [6.45, 7) is 1.02. The molecular weight excluding hydrogens is 320 g/mol. The Hall–Kier alpha value is -2.43. The average Bonchev–Trinajstić information content (AvgIpc) is 2.56. The van der Waals surface area contributed by atoms with Crippen molar-refractivity contribution in [1.29, 1.82) is 0 Å². The van der Waals surface area contributed by atoms with Crippen molar-refractivity contribution < 1.29 is 24.5 Å². The number of hydrogen-bond donors (Lipinski definition) is 4. The van der Waals surface area contributed by atoms with Gasteiger partial charge in [0.1, 0.15) is 12.4 Å². The third kappa shape index (κ3) is 4.78. The van der Waals surface area contributed by atoms with Crippen LogP contribution in [0.5, 0.6) is 0 Å². The molecule has 132 valence electrons. The van der Waals surface area contributed by atoms with E-state index in [1.54, 1.807) is 0 Å². The van der Waals surface area contributed by atoms with E-state index >= 15 is 0 Å². The average molecular weight is 340 g/mol. The van der Waals surface area contributed by atoms with E-state index in [1.165, 1.54) is 19.4 Å². The first-order chi connectivity index (χ1) is 11.5. The third-order valence-electron chi connectivity index (χ3n) is 3.21. The molecular formula is C14H20N4O6. The first-order valence-corrected chi connectivity index (χ1v) is 7.29. The zero-order chi connectivity index (χ0) is 17.5. The van der Waals surface area contributed by atoms with Gasteiger partial charge in [0.05, 0.1) is 31.4 Å². The van der Waals surface area contributed by atoms with Gasteiger partial charge in [-0.25, -0.2) is 4.79 Å². The van der Waals surface area contributed by atoms with E-state index in [2.05, 4.69) is 15.6 Å². The van der Waals surface area contributed by atoms with Crippen LogP contribution in [-0.4, -0.2) is 66.2 Å². The van der Waals surface area contributed by atoms with Gasteiger partial charge < -0.3 is 30.3 Å². The van der Waals surface area contributed by atoms with Crippen molar-refractivity contribution in [3.63, 3.8) is 0 Å². The first kappa shape index (κ1) is 17.9. The van der Waals surface area contributed by atoms with Crippen LogP contribution < -0.4 is 16.2 Å². The number of aromatic carboxylic acids is 1. The fraction of sp³-hybridized carbons (Fsp3) is 0.500. The van der Waals surface area contributed by atoms with Gasteiger partial charge in [-0.15, -0.1) is 0 Å². The van der Waals surface area contributed by atoms with E-state index in [9.17, 15) is 19.8 Å². The number of hydrogen-bond acceptors (Lipinski definition) is 8. The van der Waals surface area contributed by atoms with Crippen LogP contribution in [0.2, 0.25) is 0 Å². The van der Waals surface area contributed by atoms with Gasteiger partial charge in [-0.3, -0.25) is 14.4 Å². The molecule has 1 aromatic rings. The minimum atomic E-state index is -1.17. The Kier molecular flexibility index (Phi) is 6.29. The lowest BCUT2D eigenvalue weighted by Gasteiger charge is -2.20. The van der Waals surface area contributed by atoms with Crippen molar-refractivity contribution in [2.24, 2.45) is 4.99 Å². The summed E-state index contributed by atoms with van der Waals surface area (Å²) in [5, 5.41) is 24.1. The Morgan fingerprint density at radius 2 is 2.33 bits per heavy atom. The second-order valence-corrected chi connectivity index (χ2v) is 5.10. The van der Waals surface area contributed by atoms with E-state index in [-0.39, 0.29) is 31.1 Å². The molecule has 0 aromatic carbocycles. The monoisotopic (exact) mass is 340 g/mol. The Labute approximate surface area is 137 Å². The van der Waals surface area contributed by atoms with Crippen molar-refractivity contribution in [2.45, 2.75) is 12.8 Å². The number of aliphatic imine (C=N–C) groups is 1. The van der Waals surface area contributed by atoms with Gasteiger partial charge in [0.2, 0.25) is 0 Å². The van der Waals surface area contributed by atoms with E-state index < -0.39 is 17.6 Å². The van der Waals surface area contributed by atoms with Crippen LogP contribution in [0.3, 0.4) is 0 Å². The lowest BCUT2D eigenvalue weighted by Crippen LogP contribution is -2.43. The molecule has 0 bridgehead atoms. The van der Waals surface area contributed by atoms with Crippen molar-refractivity contribution in [1.82, 2.24) is 9.88 Å². The van der Waals surface area contributed by atoms with E-state index in [0.717, 1.165) is 4.57 Å². The number of nitrogens with one attached hydrogen (secondary N) is 2. The number of carbonyl (C=O) groups is 1. The van der Waals surface area contributed by atoms with Crippen LogP contribution in [0.25, 0.3) is 0 Å². The second-order valence-electron chi connectivity index (χ2n) is 5.10. The largest absolute Gasteiger partial charge is 0.478 e. The maximum Gasteiger partial charge on any atom is 0.337 e. The van der Waals surface area contributed by atoms with E-state index in [4.69, 9.17) is 9.47 Å². The summed E-state index contributed by atoms with van der Waals surface area (Å²) >= 11 is 0. The van der Waals surface area contributed by atoms with E-state index in [1.807, 2.05) is 0 Å². The molecule has 0 spiro atoms. The summed E-state index contributed by atoms with van der Waals surface area (Å²) in [6.07, 6.45) is 0.620. The van der Waals surface area contributed by atoms with Gasteiger partial charge in [-0.1, -0.05) is 0 Å². The Balaban J connectivity index is 2.21. The van der Waals surface area contributed by atoms with Gasteiger partial charge in [0, 0.05) is 19.9 Å². The highest BCUT2D eigenvalue weighted by Gasteiger charge is 2.16. The van der Waals surface area contributed by atoms with Crippen LogP contribution in [-0.2, 0) is 16.2 Å². The van der Waals surface area contributed by atoms with Gasteiger partial charge in [-0.2, -0.15) is 0 Å². The SMILES string of the molecule is COCCOCn1cc(C(=O)O)cc(NC2=NCC(O)CN2)c1=O. The molecule has 1 unspecified atom stereocenters. The number of methoxy groups -OCH3 is 1. The molecule has 2 rings (SSSR count). The highest BCUT2D eigenvalue weighted by atomic mass is 16.5. The molecule has 4 N–H and O–H groups in total. The predicted molar refractivity (Wildman–Crippen MR) is 85.4 cm³/mol. The lowest BCUT2D eigenvalue weighted by atomic mass is 10.2. The highest BCUT2D eigenvalue weighted by Crippen LogP contribution is 2.07. The highest BCUT2D eigenvalue weighted by molar-refractivity contribution is 5.95. The minimum absolute atomic E-state index is 0.0490. The number of carboxylic acids is 1. The quantitative estimate of drug-likeness (QED) is 0.460. The number of ether oxygens (including phenoxy) is 2. The summed E-state index contributed by atoms with van der Waals surface area (Å²) in [5.41, 5.74) is -0.468. The molecule has 2 heterocycles. The molecule has 0 saturated carbocycles. The molecule has 1 aliphatic heterocycles. The number of rotatable bonds is 7. The van der Waals surface area contributed by atoms with Gasteiger partial charge in [0.25, 0.3) is 5.56 Å². The minimum Gasteiger partial charge on any atom is -0.478 e. The van der Waals surface area contributed by atoms with Crippen molar-refractivity contribution >= 4 is 17.6 Å². The molecule has 0 aliphatic carbocycles. The molecule has 0 fully saturated rings. The summed E-state index contributed by atoms with van der Waals surface area (Å²) < 4.78 is 11.3. The fourth-order valence-corrected chi connectivity index (χ4v) is 1.99. The molecule has 1 aliphatic rings. The Morgan fingerprint density at radius 1 is 1.54 bits per heavy atom. The zero-order valence-corrected chi connectivity index (χ0v) is 13.2. The van der Waals surface area contributed by atoms with Crippen LogP contribution in [0.1, 0.15) is 10.4 Å². The lowest BCUT2D eigenvalue weighted by molar-refractivity contribution is 0.0325. The van der Waals surface area contributed by atoms with Crippen LogP contribution >= 0.6 is 0 Å². The Morgan fingerprint density at radius 3 is 2.96 bits per heavy atom. The molecule has 0 radical (unpaired) electrons. The molecule has 24 heavy (non-hydrogen) atoms. The Bertz CT molecular complexity index is 672. The summed E-state index contributed by atoms with van der Waals surface area (Å²) in [7, 11) is 1.53. The summed E-state index contributed by atoms with van der Waals surface area (Å²) in [6, 6.07) is 1.23. The van der Waals surface area contributed by atoms with Crippen LogP contribution in [0, 0.1) is 0 Å². The molecule has 1 atom stereocenters. The predicted octanol–water partition coefficient (Wildman–Crippen LogP) is -1.10. The maximum absolute atomic E-state index is 12.4. The molecule has 10 heteroatoms. The number of β-amino-alcohol motifs (C(OH)–C–C–N with tert-alkyl or cyclic N) is 1. The van der Waals surface area contributed by atoms with Crippen LogP contribution in [0.4, 0.5) is 5.69 Å². The zero-order valence-electron chi connectivity index (χ0n) is 13.2. The number of aliphatic hydroxyl groups is 1. The molecule has 0 amide bonds. The molecule has 1 aromatic heterocycles. The second kappa shape index (κ2) is 8.43. The van der Waals surface area contributed by atoms with Crippen molar-refractivity contribution in [2.75, 3.05) is 38.7 Å². The standard InChI is InChI=1S/C14H20N4O6/c1-23-2-3-24-8-18-7-9(13(21)22)4-11(12(18)20)17-14-15-5-10(19)6-16-14/h4,7,10,19H,2-3,5-6,8H2,1H3,(H,21,22)(H2,15,16,17). The first-order valence-electron chi connectivity index (χ1n) is 7.29. The van der Waals surface area contributed by atoms with Crippen molar-refractivity contribution in [3.8, 4) is 0 Å². The number of guanidine groups is 1. The van der Waals surface area contributed by atoms with Gasteiger partial charge in [-0.05, 0) is 6.07 Å². The van der Waals surface area contributed by atoms with E-state index in [0.29, 0.717) is 19.1 Å². The van der Waals surface area contributed by atoms with Crippen LogP contribution in [0.15, 0.2) is 22.1 Å². The topological polar surface area (TPSA) is 134 Å².